The fourth-order valence-corrected chi connectivity index (χ4v) is 7.26. The van der Waals surface area contributed by atoms with Crippen molar-refractivity contribution in [1.82, 2.24) is 4.57 Å². The Morgan fingerprint density at radius 1 is 0.370 bits per heavy atom. The minimum atomic E-state index is 1.11. The monoisotopic (exact) mass is 586 g/mol. The van der Waals surface area contributed by atoms with Crippen molar-refractivity contribution in [3.05, 3.63) is 182 Å². The number of benzene rings is 8. The number of hydrogen-bond donors (Lipinski definition) is 0. The Labute approximate surface area is 268 Å². The third-order valence-electron chi connectivity index (χ3n) is 9.14. The summed E-state index contributed by atoms with van der Waals surface area (Å²) >= 11 is 0. The maximum atomic E-state index is 2.50. The molecule has 0 radical (unpaired) electrons. The zero-order valence-electron chi connectivity index (χ0n) is 25.2. The molecule has 8 aromatic carbocycles. The van der Waals surface area contributed by atoms with Crippen LogP contribution >= 0.6 is 0 Å². The molecule has 0 bridgehead atoms. The molecule has 2 nitrogen and oxygen atoms in total. The van der Waals surface area contributed by atoms with Gasteiger partial charge in [-0.15, -0.1) is 0 Å². The number of rotatable bonds is 5. The smallest absolute Gasteiger partial charge is 0.0625 e. The van der Waals surface area contributed by atoms with E-state index in [-0.39, 0.29) is 0 Å². The van der Waals surface area contributed by atoms with E-state index in [2.05, 4.69) is 191 Å². The van der Waals surface area contributed by atoms with Crippen LogP contribution in [0.1, 0.15) is 0 Å². The summed E-state index contributed by atoms with van der Waals surface area (Å²) < 4.78 is 2.40. The Kier molecular flexibility index (Phi) is 6.17. The summed E-state index contributed by atoms with van der Waals surface area (Å²) in [4.78, 5) is 2.50. The van der Waals surface area contributed by atoms with Crippen LogP contribution in [0.15, 0.2) is 182 Å². The lowest BCUT2D eigenvalue weighted by atomic mass is 9.90. The lowest BCUT2D eigenvalue weighted by Gasteiger charge is -2.31. The molecular formula is C44H30N2. The Balaban J connectivity index is 1.49. The molecule has 0 fully saturated rings. The second kappa shape index (κ2) is 10.8. The van der Waals surface area contributed by atoms with Crippen LogP contribution in [0.4, 0.5) is 17.1 Å². The van der Waals surface area contributed by atoms with Crippen LogP contribution in [0.2, 0.25) is 0 Å². The van der Waals surface area contributed by atoms with E-state index in [1.165, 1.54) is 60.2 Å². The summed E-state index contributed by atoms with van der Waals surface area (Å²) in [6.45, 7) is 0. The highest BCUT2D eigenvalue weighted by Crippen LogP contribution is 2.51. The van der Waals surface area contributed by atoms with E-state index in [4.69, 9.17) is 0 Å². The molecule has 0 amide bonds. The van der Waals surface area contributed by atoms with Crippen LogP contribution in [0.5, 0.6) is 0 Å². The van der Waals surface area contributed by atoms with Crippen molar-refractivity contribution < 1.29 is 0 Å². The van der Waals surface area contributed by atoms with E-state index in [0.717, 1.165) is 17.1 Å². The van der Waals surface area contributed by atoms with Gasteiger partial charge in [-0.05, 0) is 64.2 Å². The van der Waals surface area contributed by atoms with Gasteiger partial charge in [0.25, 0.3) is 0 Å². The molecule has 2 heteroatoms. The summed E-state index contributed by atoms with van der Waals surface area (Å²) in [5, 5.41) is 7.40. The Hall–Kier alpha value is -6.12. The summed E-state index contributed by atoms with van der Waals surface area (Å²) in [6, 6.07) is 65.7. The van der Waals surface area contributed by atoms with Gasteiger partial charge in [-0.1, -0.05) is 140 Å². The molecule has 0 N–H and O–H groups in total. The van der Waals surface area contributed by atoms with Gasteiger partial charge in [0.1, 0.15) is 0 Å². The first kappa shape index (κ1) is 26.3. The Bertz CT molecular complexity index is 2510. The van der Waals surface area contributed by atoms with Crippen LogP contribution in [0.25, 0.3) is 60.2 Å². The quantitative estimate of drug-likeness (QED) is 0.182. The zero-order chi connectivity index (χ0) is 30.5. The van der Waals surface area contributed by atoms with Gasteiger partial charge in [0, 0.05) is 33.1 Å². The predicted molar refractivity (Wildman–Crippen MR) is 196 cm³/mol. The van der Waals surface area contributed by atoms with Crippen LogP contribution in [-0.2, 0) is 0 Å². The van der Waals surface area contributed by atoms with Crippen molar-refractivity contribution in [2.75, 3.05) is 4.90 Å². The first-order chi connectivity index (χ1) is 22.9. The summed E-state index contributed by atoms with van der Waals surface area (Å²) in [7, 11) is 0. The molecule has 0 aliphatic carbocycles. The van der Waals surface area contributed by atoms with Crippen molar-refractivity contribution >= 4 is 60.4 Å². The number of fused-ring (bicyclic) bond motifs is 6. The average molecular weight is 587 g/mol. The van der Waals surface area contributed by atoms with Crippen molar-refractivity contribution in [1.29, 1.82) is 0 Å². The highest BCUT2D eigenvalue weighted by Gasteiger charge is 2.26. The van der Waals surface area contributed by atoms with Gasteiger partial charge in [0.15, 0.2) is 0 Å². The van der Waals surface area contributed by atoms with Crippen molar-refractivity contribution in [2.24, 2.45) is 0 Å². The zero-order valence-corrected chi connectivity index (χ0v) is 25.2. The topological polar surface area (TPSA) is 8.17 Å². The van der Waals surface area contributed by atoms with Crippen LogP contribution in [0.3, 0.4) is 0 Å². The van der Waals surface area contributed by atoms with Crippen molar-refractivity contribution in [3.63, 3.8) is 0 Å². The molecule has 0 aliphatic rings. The van der Waals surface area contributed by atoms with E-state index in [1.807, 2.05) is 0 Å². The third kappa shape index (κ3) is 4.04. The first-order valence-corrected chi connectivity index (χ1v) is 15.8. The minimum Gasteiger partial charge on any atom is -0.309 e. The molecule has 9 aromatic rings. The highest BCUT2D eigenvalue weighted by atomic mass is 15.2. The normalized spacial score (nSPS) is 11.5. The molecule has 46 heavy (non-hydrogen) atoms. The summed E-state index contributed by atoms with van der Waals surface area (Å²) in [5.41, 5.74) is 9.38. The van der Waals surface area contributed by atoms with Gasteiger partial charge in [-0.2, -0.15) is 0 Å². The molecule has 1 heterocycles. The van der Waals surface area contributed by atoms with E-state index in [9.17, 15) is 0 Å². The molecule has 0 unspecified atom stereocenters. The van der Waals surface area contributed by atoms with Crippen LogP contribution in [0, 0.1) is 0 Å². The van der Waals surface area contributed by atoms with Crippen LogP contribution in [-0.4, -0.2) is 4.57 Å². The Morgan fingerprint density at radius 3 is 1.61 bits per heavy atom. The summed E-state index contributed by atoms with van der Waals surface area (Å²) in [5.74, 6) is 0. The third-order valence-corrected chi connectivity index (χ3v) is 9.14. The van der Waals surface area contributed by atoms with Gasteiger partial charge in [0.05, 0.1) is 22.4 Å². The molecule has 0 aliphatic heterocycles. The van der Waals surface area contributed by atoms with Gasteiger partial charge >= 0.3 is 0 Å². The number of aromatic nitrogens is 1. The van der Waals surface area contributed by atoms with Gasteiger partial charge < -0.3 is 9.47 Å². The number of para-hydroxylation sites is 3. The summed E-state index contributed by atoms with van der Waals surface area (Å²) in [6.07, 6.45) is 0. The maximum absolute atomic E-state index is 2.50. The molecule has 0 atom stereocenters. The average Bonchev–Trinajstić information content (AvgIpc) is 3.48. The fraction of sp³-hybridized carbons (Fsp3) is 0. The standard InChI is InChI=1S/C44H30N2/c1-4-17-31(18-5-1)42-36-25-12-10-23-34(36)35-24-11-13-26-37(35)44(42)46(33-21-8-3-9-22-33)41-30-16-29-40-43(41)38-27-14-15-28-39(38)45(40)32-19-6-2-7-20-32/h1-30H. The van der Waals surface area contributed by atoms with Crippen molar-refractivity contribution in [3.8, 4) is 16.8 Å². The van der Waals surface area contributed by atoms with E-state index in [0.29, 0.717) is 0 Å². The maximum Gasteiger partial charge on any atom is 0.0625 e. The van der Waals surface area contributed by atoms with E-state index >= 15 is 0 Å². The molecule has 216 valence electrons. The van der Waals surface area contributed by atoms with E-state index < -0.39 is 0 Å². The molecule has 1 aromatic heterocycles. The molecule has 0 saturated heterocycles. The second-order valence-electron chi connectivity index (χ2n) is 11.7. The minimum absolute atomic E-state index is 1.11. The molecule has 0 spiro atoms. The lowest BCUT2D eigenvalue weighted by Crippen LogP contribution is -2.12. The second-order valence-corrected chi connectivity index (χ2v) is 11.7. The lowest BCUT2D eigenvalue weighted by molar-refractivity contribution is 1.18. The molecule has 0 saturated carbocycles. The van der Waals surface area contributed by atoms with Crippen LogP contribution < -0.4 is 4.90 Å². The first-order valence-electron chi connectivity index (χ1n) is 15.8. The predicted octanol–water partition coefficient (Wildman–Crippen LogP) is 12.2. The van der Waals surface area contributed by atoms with Gasteiger partial charge in [-0.3, -0.25) is 0 Å². The Morgan fingerprint density at radius 2 is 0.891 bits per heavy atom. The SMILES string of the molecule is c1ccc(-c2c(N(c3ccccc3)c3cccc4c3c3ccccc3n4-c3ccccc3)c3ccccc3c3ccccc23)cc1. The fourth-order valence-electron chi connectivity index (χ4n) is 7.26. The van der Waals surface area contributed by atoms with E-state index in [1.54, 1.807) is 0 Å². The number of hydrogen-bond acceptors (Lipinski definition) is 1. The highest BCUT2D eigenvalue weighted by molar-refractivity contribution is 6.24. The van der Waals surface area contributed by atoms with Gasteiger partial charge in [-0.25, -0.2) is 0 Å². The number of anilines is 3. The molecular weight excluding hydrogens is 556 g/mol. The number of nitrogens with zero attached hydrogens (tertiary/aromatic N) is 2. The van der Waals surface area contributed by atoms with Crippen molar-refractivity contribution in [2.45, 2.75) is 0 Å². The molecule has 9 rings (SSSR count). The van der Waals surface area contributed by atoms with Gasteiger partial charge in [0.2, 0.25) is 0 Å². The largest absolute Gasteiger partial charge is 0.309 e.